The van der Waals surface area contributed by atoms with Crippen molar-refractivity contribution in [3.05, 3.63) is 59.7 Å². The fourth-order valence-corrected chi connectivity index (χ4v) is 3.84. The Kier molecular flexibility index (Phi) is 5.12. The first kappa shape index (κ1) is 18.6. The molecule has 4 heterocycles. The van der Waals surface area contributed by atoms with E-state index in [1.165, 1.54) is 12.8 Å². The van der Waals surface area contributed by atoms with Gasteiger partial charge in [-0.05, 0) is 70.3 Å². The van der Waals surface area contributed by atoms with E-state index in [4.69, 9.17) is 9.83 Å². The fraction of sp³-hybridized carbons (Fsp3) is 0.409. The molecule has 2 aromatic rings. The zero-order valence-electron chi connectivity index (χ0n) is 16.5. The number of nitrogens with zero attached hydrogens (tertiary/aromatic N) is 4. The fourth-order valence-electron chi connectivity index (χ4n) is 3.84. The summed E-state index contributed by atoms with van der Waals surface area (Å²) in [7, 11) is 0. The Morgan fingerprint density at radius 2 is 2.11 bits per heavy atom. The molecule has 0 amide bonds. The molecule has 28 heavy (non-hydrogen) atoms. The molecule has 0 aromatic carbocycles. The van der Waals surface area contributed by atoms with E-state index in [2.05, 4.69) is 53.0 Å². The monoisotopic (exact) mass is 375 g/mol. The van der Waals surface area contributed by atoms with Crippen molar-refractivity contribution >= 4 is 5.84 Å². The van der Waals surface area contributed by atoms with Crippen molar-refractivity contribution in [2.24, 2.45) is 4.99 Å². The number of aromatic nitrogens is 2. The molecule has 6 nitrogen and oxygen atoms in total. The summed E-state index contributed by atoms with van der Waals surface area (Å²) in [6.45, 7) is 7.84. The van der Waals surface area contributed by atoms with Crippen molar-refractivity contribution in [2.45, 2.75) is 51.4 Å². The predicted octanol–water partition coefficient (Wildman–Crippen LogP) is 2.75. The third kappa shape index (κ3) is 3.91. The van der Waals surface area contributed by atoms with Crippen LogP contribution in [0.5, 0.6) is 0 Å². The molecule has 144 valence electrons. The number of nitrogens with one attached hydrogen (secondary N) is 1. The average molecular weight is 375 g/mol. The van der Waals surface area contributed by atoms with E-state index in [0.717, 1.165) is 23.5 Å². The molecule has 0 aliphatic carbocycles. The average Bonchev–Trinajstić information content (AvgIpc) is 3.33. The maximum Gasteiger partial charge on any atom is 0.192 e. The van der Waals surface area contributed by atoms with Crippen LogP contribution < -0.4 is 5.48 Å². The van der Waals surface area contributed by atoms with Crippen molar-refractivity contribution in [2.75, 3.05) is 6.54 Å². The number of hydrogen-bond donors (Lipinski definition) is 1. The van der Waals surface area contributed by atoms with E-state index in [0.29, 0.717) is 5.84 Å². The Hall–Kier alpha value is -2.75. The summed E-state index contributed by atoms with van der Waals surface area (Å²) in [6.07, 6.45) is 5.66. The van der Waals surface area contributed by atoms with Gasteiger partial charge in [0.2, 0.25) is 0 Å². The van der Waals surface area contributed by atoms with Crippen LogP contribution in [0.3, 0.4) is 0 Å². The Morgan fingerprint density at radius 3 is 2.79 bits per heavy atom. The Balaban J connectivity index is 1.45. The summed E-state index contributed by atoms with van der Waals surface area (Å²) in [5.41, 5.74) is 5.45. The number of hydroxylamine groups is 1. The van der Waals surface area contributed by atoms with E-state index in [1.807, 2.05) is 30.3 Å². The lowest BCUT2D eigenvalue weighted by molar-refractivity contribution is -0.0328. The summed E-state index contributed by atoms with van der Waals surface area (Å²) in [6, 6.07) is 9.71. The molecular formula is C22H25N5O. The van der Waals surface area contributed by atoms with Crippen LogP contribution in [-0.2, 0) is 4.84 Å². The van der Waals surface area contributed by atoms with Crippen LogP contribution in [0.1, 0.15) is 50.6 Å². The molecule has 4 rings (SSSR count). The first-order valence-corrected chi connectivity index (χ1v) is 9.69. The largest absolute Gasteiger partial charge is 0.291 e. The maximum absolute atomic E-state index is 5.75. The first-order chi connectivity index (χ1) is 13.5. The second kappa shape index (κ2) is 7.70. The van der Waals surface area contributed by atoms with Crippen LogP contribution in [0.2, 0.25) is 0 Å². The second-order valence-corrected chi connectivity index (χ2v) is 7.84. The van der Waals surface area contributed by atoms with Gasteiger partial charge in [0.25, 0.3) is 0 Å². The van der Waals surface area contributed by atoms with Gasteiger partial charge in [-0.1, -0.05) is 12.0 Å². The summed E-state index contributed by atoms with van der Waals surface area (Å²) in [5.74, 6) is 6.78. The van der Waals surface area contributed by atoms with Crippen LogP contribution in [0, 0.1) is 11.8 Å². The van der Waals surface area contributed by atoms with Gasteiger partial charge < -0.3 is 0 Å². The van der Waals surface area contributed by atoms with Crippen molar-refractivity contribution in [1.29, 1.82) is 0 Å². The molecule has 1 fully saturated rings. The van der Waals surface area contributed by atoms with Crippen LogP contribution in [0.4, 0.5) is 0 Å². The van der Waals surface area contributed by atoms with Crippen molar-refractivity contribution in [3.8, 4) is 11.8 Å². The highest BCUT2D eigenvalue weighted by Crippen LogP contribution is 2.32. The molecule has 2 aliphatic heterocycles. The van der Waals surface area contributed by atoms with Crippen molar-refractivity contribution in [1.82, 2.24) is 20.3 Å². The normalized spacial score (nSPS) is 22.1. The molecule has 2 aliphatic rings. The van der Waals surface area contributed by atoms with Gasteiger partial charge in [0.05, 0.1) is 6.04 Å². The number of hydrogen-bond acceptors (Lipinski definition) is 6. The number of pyridine rings is 2. The standard InChI is InChI=1S/C22H25N5O/c1-16(27-14-6-12-22(27,2)3)21-25-20(26-28-21)19-11-9-17(15-24-19)8-10-18-7-4-5-13-23-18/h4-5,7,9,11,13,15-16,21H,6,12,14H2,1-3H3,(H,25,26). The molecule has 1 saturated heterocycles. The molecule has 0 spiro atoms. The summed E-state index contributed by atoms with van der Waals surface area (Å²) < 4.78 is 0. The van der Waals surface area contributed by atoms with Gasteiger partial charge >= 0.3 is 0 Å². The highest BCUT2D eigenvalue weighted by Gasteiger charge is 2.39. The van der Waals surface area contributed by atoms with Gasteiger partial charge in [0.15, 0.2) is 12.1 Å². The molecule has 0 radical (unpaired) electrons. The number of rotatable bonds is 3. The van der Waals surface area contributed by atoms with Gasteiger partial charge in [-0.2, -0.15) is 0 Å². The topological polar surface area (TPSA) is 62.6 Å². The minimum atomic E-state index is -0.238. The molecule has 0 saturated carbocycles. The molecule has 1 N–H and O–H groups in total. The number of likely N-dealkylation sites (tertiary alicyclic amines) is 1. The van der Waals surface area contributed by atoms with Crippen molar-refractivity contribution < 1.29 is 4.84 Å². The SMILES string of the molecule is CC(C1N=C(c2ccc(C#Cc3ccccn3)cn2)NO1)N1CCCC1(C)C. The molecule has 6 heteroatoms. The highest BCUT2D eigenvalue weighted by atomic mass is 16.7. The zero-order valence-corrected chi connectivity index (χ0v) is 16.5. The highest BCUT2D eigenvalue weighted by molar-refractivity contribution is 5.97. The molecule has 2 aromatic heterocycles. The van der Waals surface area contributed by atoms with Crippen molar-refractivity contribution in [3.63, 3.8) is 0 Å². The minimum absolute atomic E-state index is 0.188. The van der Waals surface area contributed by atoms with Gasteiger partial charge in [0, 0.05) is 23.5 Å². The van der Waals surface area contributed by atoms with Gasteiger partial charge in [-0.15, -0.1) is 0 Å². The third-order valence-electron chi connectivity index (χ3n) is 5.41. The van der Waals surface area contributed by atoms with E-state index in [9.17, 15) is 0 Å². The number of amidine groups is 1. The summed E-state index contributed by atoms with van der Waals surface area (Å²) >= 11 is 0. The first-order valence-electron chi connectivity index (χ1n) is 9.69. The van der Waals surface area contributed by atoms with Gasteiger partial charge in [0.1, 0.15) is 11.4 Å². The minimum Gasteiger partial charge on any atom is -0.291 e. The predicted molar refractivity (Wildman–Crippen MR) is 108 cm³/mol. The summed E-state index contributed by atoms with van der Waals surface area (Å²) in [5, 5.41) is 0. The Morgan fingerprint density at radius 1 is 1.21 bits per heavy atom. The quantitative estimate of drug-likeness (QED) is 0.836. The van der Waals surface area contributed by atoms with Crippen LogP contribution in [-0.4, -0.2) is 45.1 Å². The Bertz CT molecular complexity index is 911. The van der Waals surface area contributed by atoms with Gasteiger partial charge in [-0.25, -0.2) is 20.3 Å². The lowest BCUT2D eigenvalue weighted by Crippen LogP contribution is -2.49. The molecule has 0 bridgehead atoms. The number of aliphatic imine (C=N–C) groups is 1. The second-order valence-electron chi connectivity index (χ2n) is 7.84. The van der Waals surface area contributed by atoms with Crippen LogP contribution in [0.25, 0.3) is 0 Å². The van der Waals surface area contributed by atoms with E-state index >= 15 is 0 Å². The van der Waals surface area contributed by atoms with E-state index in [-0.39, 0.29) is 17.8 Å². The lowest BCUT2D eigenvalue weighted by atomic mass is 10.0. The summed E-state index contributed by atoms with van der Waals surface area (Å²) in [4.78, 5) is 21.6. The van der Waals surface area contributed by atoms with E-state index in [1.54, 1.807) is 12.4 Å². The Labute approximate surface area is 166 Å². The lowest BCUT2D eigenvalue weighted by Gasteiger charge is -2.37. The smallest absolute Gasteiger partial charge is 0.192 e. The molecule has 2 atom stereocenters. The molecular weight excluding hydrogens is 350 g/mol. The van der Waals surface area contributed by atoms with Crippen LogP contribution >= 0.6 is 0 Å². The zero-order chi connectivity index (χ0) is 19.6. The van der Waals surface area contributed by atoms with Gasteiger partial charge in [-0.3, -0.25) is 9.88 Å². The maximum atomic E-state index is 5.75. The molecule has 2 unspecified atom stereocenters. The van der Waals surface area contributed by atoms with E-state index < -0.39 is 0 Å². The third-order valence-corrected chi connectivity index (χ3v) is 5.41. The van der Waals surface area contributed by atoms with Crippen LogP contribution in [0.15, 0.2) is 47.7 Å².